The summed E-state index contributed by atoms with van der Waals surface area (Å²) in [5, 5.41) is 11.6. The summed E-state index contributed by atoms with van der Waals surface area (Å²) < 4.78 is 11.4. The van der Waals surface area contributed by atoms with E-state index < -0.39 is 5.97 Å². The van der Waals surface area contributed by atoms with Crippen LogP contribution in [0.3, 0.4) is 0 Å². The fraction of sp³-hybridized carbons (Fsp3) is 0.150. The molecule has 0 atom stereocenters. The first-order chi connectivity index (χ1) is 12.1. The number of fused-ring (bicyclic) bond motifs is 1. The molecule has 0 aromatic heterocycles. The molecule has 0 saturated heterocycles. The van der Waals surface area contributed by atoms with Crippen LogP contribution in [0.25, 0.3) is 10.8 Å². The van der Waals surface area contributed by atoms with E-state index in [0.29, 0.717) is 24.7 Å². The second-order valence-electron chi connectivity index (χ2n) is 5.45. The zero-order valence-corrected chi connectivity index (χ0v) is 14.4. The highest BCUT2D eigenvalue weighted by Gasteiger charge is 2.16. The number of carboxylic acid groups (broad SMARTS) is 1. The molecule has 0 radical (unpaired) electrons. The third-order valence-corrected chi connectivity index (χ3v) is 4.09. The van der Waals surface area contributed by atoms with Crippen molar-refractivity contribution < 1.29 is 19.4 Å². The fourth-order valence-electron chi connectivity index (χ4n) is 2.66. The Bertz CT molecular complexity index is 915. The van der Waals surface area contributed by atoms with Gasteiger partial charge in [0.05, 0.1) is 17.2 Å². The molecular weight excluding hydrogens is 340 g/mol. The number of rotatable bonds is 6. The summed E-state index contributed by atoms with van der Waals surface area (Å²) in [6.07, 6.45) is 0. The lowest BCUT2D eigenvalue weighted by atomic mass is 10.1. The van der Waals surface area contributed by atoms with Crippen LogP contribution in [0.5, 0.6) is 11.5 Å². The molecule has 3 rings (SSSR count). The van der Waals surface area contributed by atoms with Crippen molar-refractivity contribution in [1.82, 2.24) is 0 Å². The van der Waals surface area contributed by atoms with Crippen molar-refractivity contribution in [2.75, 3.05) is 6.61 Å². The van der Waals surface area contributed by atoms with Crippen LogP contribution >= 0.6 is 11.6 Å². The molecule has 0 unspecified atom stereocenters. The van der Waals surface area contributed by atoms with E-state index in [4.69, 9.17) is 26.2 Å². The van der Waals surface area contributed by atoms with Crippen molar-refractivity contribution in [3.63, 3.8) is 0 Å². The zero-order valence-electron chi connectivity index (χ0n) is 13.7. The lowest BCUT2D eigenvalue weighted by Gasteiger charge is -2.15. The predicted molar refractivity (Wildman–Crippen MR) is 97.9 cm³/mol. The van der Waals surface area contributed by atoms with Crippen LogP contribution in [0.1, 0.15) is 22.8 Å². The van der Waals surface area contributed by atoms with Gasteiger partial charge in [0.2, 0.25) is 0 Å². The molecule has 0 fully saturated rings. The molecule has 3 aromatic carbocycles. The summed E-state index contributed by atoms with van der Waals surface area (Å²) in [7, 11) is 0. The molecule has 0 saturated carbocycles. The maximum atomic E-state index is 11.2. The summed E-state index contributed by atoms with van der Waals surface area (Å²) in [6.45, 7) is 2.49. The van der Waals surface area contributed by atoms with Gasteiger partial charge >= 0.3 is 5.97 Å². The largest absolute Gasteiger partial charge is 0.490 e. The Balaban J connectivity index is 1.93. The molecule has 5 heteroatoms. The number of carbonyl (C=O) groups is 1. The molecular formula is C20H17ClO4. The smallest absolute Gasteiger partial charge is 0.335 e. The van der Waals surface area contributed by atoms with Gasteiger partial charge in [-0.05, 0) is 35.4 Å². The SMILES string of the molecule is CCOc1cc(C(=O)O)cc(Cl)c1OCc1cccc2ccccc12. The summed E-state index contributed by atoms with van der Waals surface area (Å²) >= 11 is 6.23. The van der Waals surface area contributed by atoms with Crippen LogP contribution in [-0.4, -0.2) is 17.7 Å². The number of carboxylic acids is 1. The van der Waals surface area contributed by atoms with E-state index in [1.807, 2.05) is 49.4 Å². The molecule has 0 aliphatic carbocycles. The molecule has 0 bridgehead atoms. The van der Waals surface area contributed by atoms with Gasteiger partial charge < -0.3 is 14.6 Å². The number of aromatic carboxylic acids is 1. The second kappa shape index (κ2) is 7.45. The van der Waals surface area contributed by atoms with E-state index >= 15 is 0 Å². The number of hydrogen-bond acceptors (Lipinski definition) is 3. The van der Waals surface area contributed by atoms with E-state index in [9.17, 15) is 4.79 Å². The summed E-state index contributed by atoms with van der Waals surface area (Å²) in [6, 6.07) is 16.8. The highest BCUT2D eigenvalue weighted by molar-refractivity contribution is 6.32. The number of hydrogen-bond donors (Lipinski definition) is 1. The predicted octanol–water partition coefficient (Wildman–Crippen LogP) is 5.17. The first-order valence-corrected chi connectivity index (χ1v) is 8.27. The highest BCUT2D eigenvalue weighted by Crippen LogP contribution is 2.37. The average molecular weight is 357 g/mol. The minimum Gasteiger partial charge on any atom is -0.490 e. The Kier molecular flexibility index (Phi) is 5.10. The molecule has 1 N–H and O–H groups in total. The zero-order chi connectivity index (χ0) is 17.8. The van der Waals surface area contributed by atoms with Gasteiger partial charge in [-0.25, -0.2) is 4.79 Å². The quantitative estimate of drug-likeness (QED) is 0.662. The first kappa shape index (κ1) is 17.1. The third-order valence-electron chi connectivity index (χ3n) is 3.81. The van der Waals surface area contributed by atoms with Crippen LogP contribution in [0, 0.1) is 0 Å². The van der Waals surface area contributed by atoms with Crippen LogP contribution < -0.4 is 9.47 Å². The molecule has 0 spiro atoms. The lowest BCUT2D eigenvalue weighted by Crippen LogP contribution is -2.04. The van der Waals surface area contributed by atoms with Crippen molar-refractivity contribution in [3.8, 4) is 11.5 Å². The van der Waals surface area contributed by atoms with Crippen LogP contribution in [0.15, 0.2) is 54.6 Å². The molecule has 128 valence electrons. The standard InChI is InChI=1S/C20H17ClO4/c1-2-24-18-11-15(20(22)23)10-17(21)19(18)25-12-14-8-5-7-13-6-3-4-9-16(13)14/h3-11H,2,12H2,1H3,(H,22,23). The maximum Gasteiger partial charge on any atom is 0.335 e. The molecule has 0 aliphatic rings. The lowest BCUT2D eigenvalue weighted by molar-refractivity contribution is 0.0696. The Morgan fingerprint density at radius 3 is 2.60 bits per heavy atom. The number of benzene rings is 3. The van der Waals surface area contributed by atoms with E-state index in [0.717, 1.165) is 16.3 Å². The van der Waals surface area contributed by atoms with Gasteiger partial charge in [0, 0.05) is 0 Å². The molecule has 25 heavy (non-hydrogen) atoms. The van der Waals surface area contributed by atoms with E-state index in [1.165, 1.54) is 12.1 Å². The normalized spacial score (nSPS) is 10.6. The van der Waals surface area contributed by atoms with Crippen LogP contribution in [0.2, 0.25) is 5.02 Å². The van der Waals surface area contributed by atoms with Gasteiger partial charge in [-0.15, -0.1) is 0 Å². The first-order valence-electron chi connectivity index (χ1n) is 7.89. The van der Waals surface area contributed by atoms with E-state index in [1.54, 1.807) is 0 Å². The van der Waals surface area contributed by atoms with E-state index in [-0.39, 0.29) is 10.6 Å². The van der Waals surface area contributed by atoms with Gasteiger partial charge in [-0.3, -0.25) is 0 Å². The summed E-state index contributed by atoms with van der Waals surface area (Å²) in [4.78, 5) is 11.2. The minimum absolute atomic E-state index is 0.0611. The second-order valence-corrected chi connectivity index (χ2v) is 5.86. The monoisotopic (exact) mass is 356 g/mol. The Morgan fingerprint density at radius 1 is 1.08 bits per heavy atom. The molecule has 4 nitrogen and oxygen atoms in total. The average Bonchev–Trinajstić information content (AvgIpc) is 2.61. The minimum atomic E-state index is -1.07. The maximum absolute atomic E-state index is 11.2. The van der Waals surface area contributed by atoms with E-state index in [2.05, 4.69) is 0 Å². The Labute approximate surface area is 150 Å². The molecule has 0 aliphatic heterocycles. The Hall–Kier alpha value is -2.72. The van der Waals surface area contributed by atoms with Crippen molar-refractivity contribution in [2.45, 2.75) is 13.5 Å². The van der Waals surface area contributed by atoms with Crippen LogP contribution in [0.4, 0.5) is 0 Å². The molecule has 0 amide bonds. The summed E-state index contributed by atoms with van der Waals surface area (Å²) in [5.74, 6) is -0.391. The molecule has 0 heterocycles. The van der Waals surface area contributed by atoms with Gasteiger partial charge in [-0.2, -0.15) is 0 Å². The Morgan fingerprint density at radius 2 is 1.84 bits per heavy atom. The van der Waals surface area contributed by atoms with Gasteiger partial charge in [-0.1, -0.05) is 54.1 Å². The van der Waals surface area contributed by atoms with Crippen molar-refractivity contribution in [2.24, 2.45) is 0 Å². The fourth-order valence-corrected chi connectivity index (χ4v) is 2.93. The number of halogens is 1. The number of ether oxygens (including phenoxy) is 2. The van der Waals surface area contributed by atoms with Crippen molar-refractivity contribution in [3.05, 3.63) is 70.7 Å². The van der Waals surface area contributed by atoms with Crippen LogP contribution in [-0.2, 0) is 6.61 Å². The molecule has 3 aromatic rings. The van der Waals surface area contributed by atoms with Gasteiger partial charge in [0.15, 0.2) is 11.5 Å². The third kappa shape index (κ3) is 3.69. The highest BCUT2D eigenvalue weighted by atomic mass is 35.5. The van der Waals surface area contributed by atoms with Crippen molar-refractivity contribution >= 4 is 28.3 Å². The van der Waals surface area contributed by atoms with Gasteiger partial charge in [0.25, 0.3) is 0 Å². The topological polar surface area (TPSA) is 55.8 Å². The van der Waals surface area contributed by atoms with Crippen molar-refractivity contribution in [1.29, 1.82) is 0 Å². The summed E-state index contributed by atoms with van der Waals surface area (Å²) in [5.41, 5.74) is 1.07. The van der Waals surface area contributed by atoms with Gasteiger partial charge in [0.1, 0.15) is 6.61 Å².